The van der Waals surface area contributed by atoms with Crippen LogP contribution in [0.1, 0.15) is 32.1 Å². The van der Waals surface area contributed by atoms with E-state index < -0.39 is 5.97 Å². The van der Waals surface area contributed by atoms with Crippen LogP contribution in [-0.4, -0.2) is 41.6 Å². The van der Waals surface area contributed by atoms with E-state index in [1.165, 1.54) is 9.78 Å². The maximum absolute atomic E-state index is 12.0. The van der Waals surface area contributed by atoms with Gasteiger partial charge in [-0.2, -0.15) is 0 Å². The van der Waals surface area contributed by atoms with Gasteiger partial charge in [-0.1, -0.05) is 26.8 Å². The molecular weight excluding hydrogens is 276 g/mol. The molecule has 0 unspecified atom stereocenters. The highest BCUT2D eigenvalue weighted by molar-refractivity contribution is 7.10. The minimum absolute atomic E-state index is 0.162. The first-order valence-corrected chi connectivity index (χ1v) is 7.53. The Morgan fingerprint density at radius 2 is 2.15 bits per heavy atom. The van der Waals surface area contributed by atoms with Gasteiger partial charge in [-0.15, -0.1) is 11.3 Å². The molecule has 1 aromatic rings. The molecule has 0 bridgehead atoms. The van der Waals surface area contributed by atoms with Crippen LogP contribution in [0.25, 0.3) is 0 Å². The molecular formula is C14H22N2O3S. The highest BCUT2D eigenvalue weighted by Gasteiger charge is 2.24. The van der Waals surface area contributed by atoms with Crippen LogP contribution in [0.5, 0.6) is 0 Å². The Kier molecular flexibility index (Phi) is 6.01. The molecule has 2 amide bonds. The second-order valence-electron chi connectivity index (χ2n) is 5.34. The number of carboxylic acid groups (broad SMARTS) is 1. The monoisotopic (exact) mass is 298 g/mol. The zero-order valence-corrected chi connectivity index (χ0v) is 13.0. The molecule has 0 aromatic carbocycles. The quantitative estimate of drug-likeness (QED) is 0.812. The Bertz CT molecular complexity index is 443. The summed E-state index contributed by atoms with van der Waals surface area (Å²) in [6.45, 7) is 6.68. The standard InChI is InChI=1S/C14H22N2O3S/c1-4-7-16(9-12(17)18)13(19)15-10-14(2,3)11-6-5-8-20-11/h5-6,8H,4,7,9-10H2,1-3H3,(H,15,19)(H,17,18). The number of amides is 2. The van der Waals surface area contributed by atoms with E-state index in [-0.39, 0.29) is 18.0 Å². The zero-order valence-electron chi connectivity index (χ0n) is 12.2. The Balaban J connectivity index is 2.58. The SMILES string of the molecule is CCCN(CC(=O)O)C(=O)NCC(C)(C)c1cccs1. The number of carbonyl (C=O) groups is 2. The lowest BCUT2D eigenvalue weighted by molar-refractivity contribution is -0.137. The Labute approximate surface area is 123 Å². The molecule has 0 atom stereocenters. The van der Waals surface area contributed by atoms with Gasteiger partial charge in [0, 0.05) is 23.4 Å². The first-order valence-electron chi connectivity index (χ1n) is 6.65. The second-order valence-corrected chi connectivity index (χ2v) is 6.28. The fourth-order valence-electron chi connectivity index (χ4n) is 1.84. The van der Waals surface area contributed by atoms with Crippen LogP contribution in [0.4, 0.5) is 4.79 Å². The van der Waals surface area contributed by atoms with Crippen molar-refractivity contribution < 1.29 is 14.7 Å². The number of hydrogen-bond donors (Lipinski definition) is 2. The number of rotatable bonds is 7. The first kappa shape index (κ1) is 16.5. The van der Waals surface area contributed by atoms with E-state index in [0.717, 1.165) is 6.42 Å². The summed E-state index contributed by atoms with van der Waals surface area (Å²) in [5.41, 5.74) is -0.162. The highest BCUT2D eigenvalue weighted by atomic mass is 32.1. The molecule has 0 saturated heterocycles. The lowest BCUT2D eigenvalue weighted by Crippen LogP contribution is -2.46. The van der Waals surface area contributed by atoms with E-state index in [9.17, 15) is 9.59 Å². The van der Waals surface area contributed by atoms with Gasteiger partial charge in [0.25, 0.3) is 0 Å². The van der Waals surface area contributed by atoms with Crippen LogP contribution in [0, 0.1) is 0 Å². The third-order valence-corrected chi connectivity index (χ3v) is 4.21. The molecule has 0 aliphatic heterocycles. The molecule has 0 aliphatic carbocycles. The normalized spacial score (nSPS) is 11.2. The van der Waals surface area contributed by atoms with Crippen molar-refractivity contribution in [2.45, 2.75) is 32.6 Å². The van der Waals surface area contributed by atoms with Gasteiger partial charge in [-0.05, 0) is 17.9 Å². The molecule has 0 saturated carbocycles. The van der Waals surface area contributed by atoms with Gasteiger partial charge in [0.2, 0.25) is 0 Å². The van der Waals surface area contributed by atoms with Crippen molar-refractivity contribution in [3.8, 4) is 0 Å². The molecule has 1 rings (SSSR count). The van der Waals surface area contributed by atoms with Crippen LogP contribution in [0.2, 0.25) is 0 Å². The summed E-state index contributed by atoms with van der Waals surface area (Å²) in [5, 5.41) is 13.7. The molecule has 1 heterocycles. The van der Waals surface area contributed by atoms with Crippen molar-refractivity contribution in [1.29, 1.82) is 0 Å². The minimum Gasteiger partial charge on any atom is -0.480 e. The van der Waals surface area contributed by atoms with E-state index >= 15 is 0 Å². The second kappa shape index (κ2) is 7.28. The number of carboxylic acids is 1. The summed E-state index contributed by atoms with van der Waals surface area (Å²) in [7, 11) is 0. The number of carbonyl (C=O) groups excluding carboxylic acids is 1. The molecule has 0 spiro atoms. The van der Waals surface area contributed by atoms with Crippen LogP contribution in [-0.2, 0) is 10.2 Å². The van der Waals surface area contributed by atoms with E-state index in [1.807, 2.05) is 24.4 Å². The molecule has 112 valence electrons. The Hall–Kier alpha value is -1.56. The van der Waals surface area contributed by atoms with Crippen molar-refractivity contribution in [1.82, 2.24) is 10.2 Å². The fourth-order valence-corrected chi connectivity index (χ4v) is 2.70. The molecule has 0 radical (unpaired) electrons. The first-order chi connectivity index (χ1) is 9.36. The van der Waals surface area contributed by atoms with Gasteiger partial charge in [-0.3, -0.25) is 4.79 Å². The average molecular weight is 298 g/mol. The number of urea groups is 1. The Morgan fingerprint density at radius 1 is 1.45 bits per heavy atom. The fraction of sp³-hybridized carbons (Fsp3) is 0.571. The van der Waals surface area contributed by atoms with Gasteiger partial charge in [0.1, 0.15) is 6.54 Å². The van der Waals surface area contributed by atoms with E-state index in [0.29, 0.717) is 13.1 Å². The molecule has 5 nitrogen and oxygen atoms in total. The third kappa shape index (κ3) is 4.85. The van der Waals surface area contributed by atoms with Crippen molar-refractivity contribution in [3.05, 3.63) is 22.4 Å². The third-order valence-electron chi connectivity index (χ3n) is 2.98. The van der Waals surface area contributed by atoms with Crippen LogP contribution in [0.3, 0.4) is 0 Å². The summed E-state index contributed by atoms with van der Waals surface area (Å²) in [6.07, 6.45) is 0.731. The topological polar surface area (TPSA) is 69.6 Å². The van der Waals surface area contributed by atoms with E-state index in [1.54, 1.807) is 11.3 Å². The maximum atomic E-state index is 12.0. The van der Waals surface area contributed by atoms with Gasteiger partial charge in [0.15, 0.2) is 0 Å². The lowest BCUT2D eigenvalue weighted by atomic mass is 9.91. The molecule has 0 fully saturated rings. The number of aliphatic carboxylic acids is 1. The number of nitrogens with one attached hydrogen (secondary N) is 1. The number of hydrogen-bond acceptors (Lipinski definition) is 3. The average Bonchev–Trinajstić information content (AvgIpc) is 2.89. The smallest absolute Gasteiger partial charge is 0.323 e. The lowest BCUT2D eigenvalue weighted by Gasteiger charge is -2.26. The molecule has 0 aliphatic rings. The van der Waals surface area contributed by atoms with Gasteiger partial charge < -0.3 is 15.3 Å². The van der Waals surface area contributed by atoms with Crippen LogP contribution in [0.15, 0.2) is 17.5 Å². The summed E-state index contributed by atoms with van der Waals surface area (Å²) < 4.78 is 0. The van der Waals surface area contributed by atoms with Crippen LogP contribution < -0.4 is 5.32 Å². The molecule has 6 heteroatoms. The van der Waals surface area contributed by atoms with Crippen molar-refractivity contribution >= 4 is 23.3 Å². The van der Waals surface area contributed by atoms with Crippen molar-refractivity contribution in [2.24, 2.45) is 0 Å². The van der Waals surface area contributed by atoms with Gasteiger partial charge in [0.05, 0.1) is 0 Å². The van der Waals surface area contributed by atoms with E-state index in [4.69, 9.17) is 5.11 Å². The van der Waals surface area contributed by atoms with Crippen molar-refractivity contribution in [3.63, 3.8) is 0 Å². The Morgan fingerprint density at radius 3 is 2.65 bits per heavy atom. The van der Waals surface area contributed by atoms with Crippen LogP contribution >= 0.6 is 11.3 Å². The number of thiophene rings is 1. The highest BCUT2D eigenvalue weighted by Crippen LogP contribution is 2.26. The largest absolute Gasteiger partial charge is 0.480 e. The summed E-state index contributed by atoms with van der Waals surface area (Å²) in [6, 6.07) is 3.70. The predicted molar refractivity (Wildman–Crippen MR) is 80.2 cm³/mol. The van der Waals surface area contributed by atoms with Gasteiger partial charge >= 0.3 is 12.0 Å². The molecule has 1 aromatic heterocycles. The minimum atomic E-state index is -0.994. The maximum Gasteiger partial charge on any atom is 0.323 e. The number of nitrogens with zero attached hydrogens (tertiary/aromatic N) is 1. The zero-order chi connectivity index (χ0) is 15.2. The summed E-state index contributed by atoms with van der Waals surface area (Å²) >= 11 is 1.65. The molecule has 2 N–H and O–H groups in total. The van der Waals surface area contributed by atoms with E-state index in [2.05, 4.69) is 19.2 Å². The summed E-state index contributed by atoms with van der Waals surface area (Å²) in [4.78, 5) is 25.3. The molecule has 20 heavy (non-hydrogen) atoms. The van der Waals surface area contributed by atoms with Gasteiger partial charge in [-0.25, -0.2) is 4.79 Å². The predicted octanol–water partition coefficient (Wildman–Crippen LogP) is 2.53. The summed E-state index contributed by atoms with van der Waals surface area (Å²) in [5.74, 6) is -0.994. The van der Waals surface area contributed by atoms with Crippen molar-refractivity contribution in [2.75, 3.05) is 19.6 Å².